The summed E-state index contributed by atoms with van der Waals surface area (Å²) in [5.74, 6) is 1.10. The van der Waals surface area contributed by atoms with E-state index in [0.717, 1.165) is 11.5 Å². The number of alkyl halides is 3. The minimum absolute atomic E-state index is 0. The molecule has 0 aromatic carbocycles. The Morgan fingerprint density at radius 2 is 1.96 bits per heavy atom. The second-order valence-corrected chi connectivity index (χ2v) is 4.59. The van der Waals surface area contributed by atoms with Crippen molar-refractivity contribution in [2.45, 2.75) is 19.0 Å². The number of aromatic nitrogens is 3. The van der Waals surface area contributed by atoms with Crippen molar-refractivity contribution in [2.75, 3.05) is 20.1 Å². The van der Waals surface area contributed by atoms with Crippen LogP contribution < -0.4 is 10.6 Å². The number of nitrogens with zero attached hydrogens (tertiary/aromatic N) is 4. The molecule has 0 atom stereocenters. The van der Waals surface area contributed by atoms with Gasteiger partial charge in [-0.05, 0) is 12.1 Å². The van der Waals surface area contributed by atoms with Gasteiger partial charge in [-0.1, -0.05) is 6.07 Å². The predicted octanol–water partition coefficient (Wildman–Crippen LogP) is 2.01. The number of rotatable bonds is 5. The highest BCUT2D eigenvalue weighted by Crippen LogP contribution is 2.17. The van der Waals surface area contributed by atoms with Crippen LogP contribution in [0.3, 0.4) is 0 Å². The lowest BCUT2D eigenvalue weighted by molar-refractivity contribution is -0.132. The first-order valence-corrected chi connectivity index (χ1v) is 6.79. The van der Waals surface area contributed by atoms with Gasteiger partial charge < -0.3 is 10.6 Å². The van der Waals surface area contributed by atoms with Crippen molar-refractivity contribution in [1.29, 1.82) is 0 Å². The van der Waals surface area contributed by atoms with Crippen LogP contribution in [0.5, 0.6) is 0 Å². The predicted molar refractivity (Wildman–Crippen MR) is 92.1 cm³/mol. The largest absolute Gasteiger partial charge is 0.390 e. The van der Waals surface area contributed by atoms with Gasteiger partial charge in [-0.2, -0.15) is 13.2 Å². The van der Waals surface area contributed by atoms with Crippen molar-refractivity contribution in [3.05, 3.63) is 30.2 Å². The Labute approximate surface area is 148 Å². The summed E-state index contributed by atoms with van der Waals surface area (Å²) >= 11 is 0. The van der Waals surface area contributed by atoms with Crippen LogP contribution in [0, 0.1) is 0 Å². The van der Waals surface area contributed by atoms with Gasteiger partial charge in [-0.25, -0.2) is 0 Å². The average molecular weight is 442 g/mol. The normalized spacial score (nSPS) is 12.1. The Balaban J connectivity index is 0.00000264. The summed E-state index contributed by atoms with van der Waals surface area (Å²) in [5.41, 5.74) is 0.755. The Hall–Kier alpha value is -1.59. The molecule has 0 aliphatic heterocycles. The molecule has 2 aromatic heterocycles. The minimum atomic E-state index is -4.17. The number of aliphatic imine (C=N–C) groups is 1. The summed E-state index contributed by atoms with van der Waals surface area (Å²) in [6.07, 6.45) is -2.64. The molecule has 23 heavy (non-hydrogen) atoms. The molecule has 0 aliphatic carbocycles. The molecule has 2 heterocycles. The highest BCUT2D eigenvalue weighted by Gasteiger charge is 2.26. The van der Waals surface area contributed by atoms with Crippen molar-refractivity contribution < 1.29 is 13.2 Å². The molecule has 10 heteroatoms. The summed E-state index contributed by atoms with van der Waals surface area (Å²) in [4.78, 5) is 3.87. The maximum absolute atomic E-state index is 12.1. The van der Waals surface area contributed by atoms with Crippen LogP contribution in [0.1, 0.15) is 12.2 Å². The fourth-order valence-electron chi connectivity index (χ4n) is 1.90. The van der Waals surface area contributed by atoms with Gasteiger partial charge in [-0.15, -0.1) is 34.2 Å². The van der Waals surface area contributed by atoms with E-state index in [2.05, 4.69) is 25.8 Å². The van der Waals surface area contributed by atoms with E-state index in [9.17, 15) is 13.2 Å². The average Bonchev–Trinajstić information content (AvgIpc) is 2.88. The SMILES string of the molecule is CN=C(NCCc1nnc2ccccn12)NCCC(F)(F)F.I. The number of hydrogen-bond donors (Lipinski definition) is 2. The maximum atomic E-state index is 12.1. The molecule has 2 aromatic rings. The first kappa shape index (κ1) is 19.5. The summed E-state index contributed by atoms with van der Waals surface area (Å²) in [6, 6.07) is 5.60. The topological polar surface area (TPSA) is 66.6 Å². The maximum Gasteiger partial charge on any atom is 0.390 e. The molecule has 2 rings (SSSR count). The molecule has 2 N–H and O–H groups in total. The van der Waals surface area contributed by atoms with E-state index >= 15 is 0 Å². The van der Waals surface area contributed by atoms with Gasteiger partial charge in [0, 0.05) is 32.8 Å². The van der Waals surface area contributed by atoms with Crippen LogP contribution in [0.25, 0.3) is 5.65 Å². The van der Waals surface area contributed by atoms with Crippen molar-refractivity contribution in [3.8, 4) is 0 Å². The van der Waals surface area contributed by atoms with Gasteiger partial charge >= 0.3 is 6.18 Å². The zero-order valence-corrected chi connectivity index (χ0v) is 14.8. The second kappa shape index (κ2) is 8.89. The van der Waals surface area contributed by atoms with Gasteiger partial charge in [0.15, 0.2) is 11.6 Å². The quantitative estimate of drug-likeness (QED) is 0.423. The monoisotopic (exact) mass is 442 g/mol. The Bertz CT molecular complexity index is 640. The summed E-state index contributed by atoms with van der Waals surface area (Å²) in [7, 11) is 1.51. The van der Waals surface area contributed by atoms with Crippen LogP contribution in [0.4, 0.5) is 13.2 Å². The fourth-order valence-corrected chi connectivity index (χ4v) is 1.90. The number of fused-ring (bicyclic) bond motifs is 1. The van der Waals surface area contributed by atoms with E-state index in [-0.39, 0.29) is 30.5 Å². The highest BCUT2D eigenvalue weighted by atomic mass is 127. The second-order valence-electron chi connectivity index (χ2n) is 4.59. The fraction of sp³-hybridized carbons (Fsp3) is 0.462. The molecule has 0 saturated carbocycles. The number of halogens is 4. The molecule has 128 valence electrons. The molecule has 0 spiro atoms. The van der Waals surface area contributed by atoms with Crippen molar-refractivity contribution in [3.63, 3.8) is 0 Å². The van der Waals surface area contributed by atoms with Crippen molar-refractivity contribution in [2.24, 2.45) is 4.99 Å². The molecule has 0 amide bonds. The lowest BCUT2D eigenvalue weighted by Crippen LogP contribution is -2.39. The zero-order valence-electron chi connectivity index (χ0n) is 12.5. The van der Waals surface area contributed by atoms with Crippen LogP contribution in [0.15, 0.2) is 29.4 Å². The molecule has 6 nitrogen and oxygen atoms in total. The zero-order chi connectivity index (χ0) is 16.0. The van der Waals surface area contributed by atoms with E-state index in [4.69, 9.17) is 0 Å². The standard InChI is InChI=1S/C13H17F3N6.HI/c1-17-12(19-8-6-13(14,15)16)18-7-5-11-21-20-10-4-2-3-9-22(10)11;/h2-4,9H,5-8H2,1H3,(H2,17,18,19);1H. The molecule has 0 saturated heterocycles. The van der Waals surface area contributed by atoms with Gasteiger partial charge in [0.2, 0.25) is 0 Å². The van der Waals surface area contributed by atoms with Gasteiger partial charge in [0.1, 0.15) is 5.82 Å². The number of pyridine rings is 1. The van der Waals surface area contributed by atoms with Crippen molar-refractivity contribution >= 4 is 35.6 Å². The third kappa shape index (κ3) is 6.20. The molecule has 0 bridgehead atoms. The van der Waals surface area contributed by atoms with Crippen LogP contribution >= 0.6 is 24.0 Å². The van der Waals surface area contributed by atoms with Crippen LogP contribution in [-0.2, 0) is 6.42 Å². The van der Waals surface area contributed by atoms with Gasteiger partial charge in [0.25, 0.3) is 0 Å². The Morgan fingerprint density at radius 1 is 1.22 bits per heavy atom. The Morgan fingerprint density at radius 3 is 2.65 bits per heavy atom. The molecule has 0 unspecified atom stereocenters. The van der Waals surface area contributed by atoms with Crippen molar-refractivity contribution in [1.82, 2.24) is 25.2 Å². The van der Waals surface area contributed by atoms with Crippen LogP contribution in [0.2, 0.25) is 0 Å². The first-order chi connectivity index (χ1) is 10.5. The first-order valence-electron chi connectivity index (χ1n) is 6.79. The number of hydrogen-bond acceptors (Lipinski definition) is 3. The lowest BCUT2D eigenvalue weighted by Gasteiger charge is -2.12. The summed E-state index contributed by atoms with van der Waals surface area (Å²) < 4.78 is 38.1. The molecular formula is C13H18F3IN6. The summed E-state index contributed by atoms with van der Waals surface area (Å²) in [5, 5.41) is 13.7. The van der Waals surface area contributed by atoms with Gasteiger partial charge in [-0.3, -0.25) is 9.39 Å². The third-order valence-electron chi connectivity index (χ3n) is 2.95. The molecule has 0 radical (unpaired) electrons. The van der Waals surface area contributed by atoms with Crippen LogP contribution in [-0.4, -0.2) is 46.9 Å². The van der Waals surface area contributed by atoms with Gasteiger partial charge in [0.05, 0.1) is 6.42 Å². The van der Waals surface area contributed by atoms with E-state index in [1.54, 1.807) is 0 Å². The van der Waals surface area contributed by atoms with E-state index in [1.807, 2.05) is 28.8 Å². The summed E-state index contributed by atoms with van der Waals surface area (Å²) in [6.45, 7) is 0.276. The highest BCUT2D eigenvalue weighted by molar-refractivity contribution is 14.0. The third-order valence-corrected chi connectivity index (χ3v) is 2.95. The molecular weight excluding hydrogens is 424 g/mol. The minimum Gasteiger partial charge on any atom is -0.356 e. The Kier molecular flexibility index (Phi) is 7.52. The van der Waals surface area contributed by atoms with E-state index < -0.39 is 12.6 Å². The smallest absolute Gasteiger partial charge is 0.356 e. The van der Waals surface area contributed by atoms with E-state index in [1.165, 1.54) is 7.05 Å². The van der Waals surface area contributed by atoms with E-state index in [0.29, 0.717) is 18.9 Å². The molecule has 0 aliphatic rings. The number of nitrogens with one attached hydrogen (secondary N) is 2. The molecule has 0 fully saturated rings. The lowest BCUT2D eigenvalue weighted by atomic mass is 10.4. The number of guanidine groups is 1.